The van der Waals surface area contributed by atoms with E-state index in [0.29, 0.717) is 22.3 Å². The summed E-state index contributed by atoms with van der Waals surface area (Å²) in [4.78, 5) is 11.5. The number of rotatable bonds is 6. The van der Waals surface area contributed by atoms with Crippen LogP contribution in [-0.2, 0) is 10.3 Å². The summed E-state index contributed by atoms with van der Waals surface area (Å²) in [6.07, 6.45) is 1.92. The maximum Gasteiger partial charge on any atom is 0.156 e. The molecule has 0 bridgehead atoms. The first-order chi connectivity index (χ1) is 8.35. The fourth-order valence-electron chi connectivity index (χ4n) is 1.55. The zero-order valence-electron chi connectivity index (χ0n) is 10.7. The zero-order valence-corrected chi connectivity index (χ0v) is 13.0. The molecule has 1 N–H and O–H groups in total. The SMILES string of the molecule is CSCC(=O)CNC(C)(C)c1cc(Cl)cc(Cl)c1. The summed E-state index contributed by atoms with van der Waals surface area (Å²) >= 11 is 13.5. The summed E-state index contributed by atoms with van der Waals surface area (Å²) in [6.45, 7) is 4.35. The quantitative estimate of drug-likeness (QED) is 0.868. The van der Waals surface area contributed by atoms with Crippen LogP contribution in [0.3, 0.4) is 0 Å². The number of halogens is 2. The molecule has 0 aromatic heterocycles. The average Bonchev–Trinajstić information content (AvgIpc) is 2.26. The van der Waals surface area contributed by atoms with E-state index in [4.69, 9.17) is 23.2 Å². The maximum atomic E-state index is 11.5. The van der Waals surface area contributed by atoms with Gasteiger partial charge in [0.05, 0.1) is 12.3 Å². The Labute approximate surface area is 122 Å². The van der Waals surface area contributed by atoms with Crippen molar-refractivity contribution in [3.8, 4) is 0 Å². The van der Waals surface area contributed by atoms with Crippen molar-refractivity contribution in [2.24, 2.45) is 0 Å². The molecule has 0 spiro atoms. The molecule has 1 aromatic carbocycles. The van der Waals surface area contributed by atoms with E-state index in [1.807, 2.05) is 32.2 Å². The largest absolute Gasteiger partial charge is 0.301 e. The highest BCUT2D eigenvalue weighted by atomic mass is 35.5. The van der Waals surface area contributed by atoms with E-state index in [0.717, 1.165) is 5.56 Å². The predicted molar refractivity (Wildman–Crippen MR) is 80.9 cm³/mol. The number of Topliss-reactive ketones (excluding diaryl/α,β-unsaturated/α-hetero) is 1. The van der Waals surface area contributed by atoms with Crippen molar-refractivity contribution in [3.05, 3.63) is 33.8 Å². The lowest BCUT2D eigenvalue weighted by molar-refractivity contribution is -0.116. The molecule has 18 heavy (non-hydrogen) atoms. The Balaban J connectivity index is 2.76. The fourth-order valence-corrected chi connectivity index (χ4v) is 2.50. The third kappa shape index (κ3) is 4.81. The molecule has 0 fully saturated rings. The summed E-state index contributed by atoms with van der Waals surface area (Å²) in [5.41, 5.74) is 0.625. The Morgan fingerprint density at radius 1 is 1.28 bits per heavy atom. The van der Waals surface area contributed by atoms with E-state index in [9.17, 15) is 4.79 Å². The highest BCUT2D eigenvalue weighted by molar-refractivity contribution is 7.99. The topological polar surface area (TPSA) is 29.1 Å². The summed E-state index contributed by atoms with van der Waals surface area (Å²) < 4.78 is 0. The summed E-state index contributed by atoms with van der Waals surface area (Å²) in [5, 5.41) is 4.43. The Morgan fingerprint density at radius 3 is 2.33 bits per heavy atom. The molecule has 0 saturated carbocycles. The molecule has 100 valence electrons. The van der Waals surface area contributed by atoms with Gasteiger partial charge in [-0.1, -0.05) is 23.2 Å². The molecule has 0 aliphatic heterocycles. The first kappa shape index (κ1) is 15.8. The van der Waals surface area contributed by atoms with Gasteiger partial charge in [-0.3, -0.25) is 4.79 Å². The molecular weight excluding hydrogens is 289 g/mol. The molecular formula is C13H17Cl2NOS. The van der Waals surface area contributed by atoms with Crippen LogP contribution in [0, 0.1) is 0 Å². The van der Waals surface area contributed by atoms with Crippen molar-refractivity contribution < 1.29 is 4.79 Å². The van der Waals surface area contributed by atoms with Crippen LogP contribution in [-0.4, -0.2) is 24.3 Å². The molecule has 0 saturated heterocycles. The van der Waals surface area contributed by atoms with Crippen molar-refractivity contribution in [2.75, 3.05) is 18.6 Å². The molecule has 5 heteroatoms. The van der Waals surface area contributed by atoms with Gasteiger partial charge in [0.25, 0.3) is 0 Å². The number of benzene rings is 1. The van der Waals surface area contributed by atoms with Gasteiger partial charge >= 0.3 is 0 Å². The minimum absolute atomic E-state index is 0.184. The Kier molecular flexibility index (Phi) is 5.99. The average molecular weight is 306 g/mol. The van der Waals surface area contributed by atoms with Gasteiger partial charge in [0.15, 0.2) is 5.78 Å². The number of carbonyl (C=O) groups is 1. The van der Waals surface area contributed by atoms with Gasteiger partial charge in [-0.05, 0) is 43.9 Å². The standard InChI is InChI=1S/C13H17Cl2NOS/c1-13(2,16-7-12(17)8-18-3)9-4-10(14)6-11(15)5-9/h4-6,16H,7-8H2,1-3H3. The number of ketones is 1. The van der Waals surface area contributed by atoms with Gasteiger partial charge in [-0.2, -0.15) is 11.8 Å². The molecule has 2 nitrogen and oxygen atoms in total. The fraction of sp³-hybridized carbons (Fsp3) is 0.462. The van der Waals surface area contributed by atoms with E-state index in [-0.39, 0.29) is 11.3 Å². The lowest BCUT2D eigenvalue weighted by atomic mass is 9.94. The van der Waals surface area contributed by atoms with Crippen LogP contribution in [0.4, 0.5) is 0 Å². The first-order valence-corrected chi connectivity index (χ1v) is 7.72. The van der Waals surface area contributed by atoms with E-state index >= 15 is 0 Å². The van der Waals surface area contributed by atoms with Crippen molar-refractivity contribution >= 4 is 40.7 Å². The molecule has 0 atom stereocenters. The summed E-state index contributed by atoms with van der Waals surface area (Å²) in [5.74, 6) is 0.711. The number of hydrogen-bond donors (Lipinski definition) is 1. The third-order valence-corrected chi connectivity index (χ3v) is 3.66. The van der Waals surface area contributed by atoms with Gasteiger partial charge < -0.3 is 5.32 Å². The zero-order chi connectivity index (χ0) is 13.8. The van der Waals surface area contributed by atoms with Crippen LogP contribution < -0.4 is 5.32 Å². The smallest absolute Gasteiger partial charge is 0.156 e. The number of thioether (sulfide) groups is 1. The molecule has 1 aromatic rings. The van der Waals surface area contributed by atoms with Crippen molar-refractivity contribution in [3.63, 3.8) is 0 Å². The molecule has 0 aliphatic carbocycles. The van der Waals surface area contributed by atoms with E-state index < -0.39 is 0 Å². The van der Waals surface area contributed by atoms with Crippen LogP contribution in [0.2, 0.25) is 10.0 Å². The van der Waals surface area contributed by atoms with Gasteiger partial charge in [0.2, 0.25) is 0 Å². The molecule has 0 amide bonds. The van der Waals surface area contributed by atoms with Crippen molar-refractivity contribution in [1.29, 1.82) is 0 Å². The van der Waals surface area contributed by atoms with Crippen molar-refractivity contribution in [2.45, 2.75) is 19.4 Å². The normalized spacial score (nSPS) is 11.6. The number of carbonyl (C=O) groups excluding carboxylic acids is 1. The Hall–Kier alpha value is -0.220. The van der Waals surface area contributed by atoms with Crippen LogP contribution in [0.1, 0.15) is 19.4 Å². The molecule has 0 heterocycles. The summed E-state index contributed by atoms with van der Waals surface area (Å²) in [6, 6.07) is 5.42. The second-order valence-electron chi connectivity index (χ2n) is 4.61. The van der Waals surface area contributed by atoms with Crippen LogP contribution >= 0.6 is 35.0 Å². The van der Waals surface area contributed by atoms with E-state index in [1.54, 1.807) is 6.07 Å². The number of nitrogens with one attached hydrogen (secondary N) is 1. The molecule has 1 rings (SSSR count). The van der Waals surface area contributed by atoms with Crippen LogP contribution in [0.5, 0.6) is 0 Å². The lowest BCUT2D eigenvalue weighted by Gasteiger charge is -2.27. The first-order valence-electron chi connectivity index (χ1n) is 5.57. The second kappa shape index (κ2) is 6.80. The third-order valence-electron chi connectivity index (χ3n) is 2.62. The van der Waals surface area contributed by atoms with Gasteiger partial charge in [0, 0.05) is 15.6 Å². The van der Waals surface area contributed by atoms with E-state index in [2.05, 4.69) is 5.32 Å². The summed E-state index contributed by atoms with van der Waals surface area (Å²) in [7, 11) is 0. The van der Waals surface area contributed by atoms with Crippen LogP contribution in [0.15, 0.2) is 18.2 Å². The van der Waals surface area contributed by atoms with Crippen molar-refractivity contribution in [1.82, 2.24) is 5.32 Å². The highest BCUT2D eigenvalue weighted by Gasteiger charge is 2.21. The minimum atomic E-state index is -0.345. The number of hydrogen-bond acceptors (Lipinski definition) is 3. The monoisotopic (exact) mass is 305 g/mol. The Morgan fingerprint density at radius 2 is 1.83 bits per heavy atom. The van der Waals surface area contributed by atoms with Crippen LogP contribution in [0.25, 0.3) is 0 Å². The second-order valence-corrected chi connectivity index (χ2v) is 6.35. The maximum absolute atomic E-state index is 11.5. The minimum Gasteiger partial charge on any atom is -0.301 e. The predicted octanol–water partition coefficient (Wildman–Crippen LogP) is 3.75. The highest BCUT2D eigenvalue weighted by Crippen LogP contribution is 2.27. The molecule has 0 aliphatic rings. The van der Waals surface area contributed by atoms with E-state index in [1.165, 1.54) is 11.8 Å². The molecule has 0 radical (unpaired) electrons. The van der Waals surface area contributed by atoms with Gasteiger partial charge in [-0.15, -0.1) is 0 Å². The lowest BCUT2D eigenvalue weighted by Crippen LogP contribution is -2.40. The van der Waals surface area contributed by atoms with Gasteiger partial charge in [-0.25, -0.2) is 0 Å². The Bertz CT molecular complexity index is 415. The van der Waals surface area contributed by atoms with Gasteiger partial charge in [0.1, 0.15) is 0 Å². The molecule has 0 unspecified atom stereocenters.